The maximum absolute atomic E-state index is 13.6. The van der Waals surface area contributed by atoms with E-state index in [0.29, 0.717) is 38.1 Å². The molecule has 2 unspecified atom stereocenters. The number of sulfonamides is 1. The Morgan fingerprint density at radius 1 is 1.17 bits per heavy atom. The van der Waals surface area contributed by atoms with Crippen molar-refractivity contribution >= 4 is 21.5 Å². The van der Waals surface area contributed by atoms with Crippen LogP contribution in [0.2, 0.25) is 0 Å². The third-order valence-corrected chi connectivity index (χ3v) is 8.85. The van der Waals surface area contributed by atoms with Crippen molar-refractivity contribution in [3.8, 4) is 5.75 Å². The minimum absolute atomic E-state index is 0.0847. The zero-order valence-corrected chi connectivity index (χ0v) is 22.9. The molecule has 36 heavy (non-hydrogen) atoms. The van der Waals surface area contributed by atoms with Gasteiger partial charge in [0.2, 0.25) is 10.0 Å². The van der Waals surface area contributed by atoms with Crippen LogP contribution >= 0.6 is 0 Å². The van der Waals surface area contributed by atoms with E-state index in [1.54, 1.807) is 19.3 Å². The van der Waals surface area contributed by atoms with E-state index >= 15 is 0 Å². The molecule has 0 aromatic heterocycles. The molecular formula is C28H41N3O4S. The molecule has 0 spiro atoms. The minimum Gasteiger partial charge on any atom is -0.497 e. The van der Waals surface area contributed by atoms with Gasteiger partial charge in [0.05, 0.1) is 18.4 Å². The van der Waals surface area contributed by atoms with Crippen LogP contribution in [0, 0.1) is 5.41 Å². The predicted octanol–water partition coefficient (Wildman–Crippen LogP) is 4.65. The number of rotatable bonds is 11. The van der Waals surface area contributed by atoms with Crippen LogP contribution < -0.4 is 10.2 Å². The Balaban J connectivity index is 1.76. The second kappa shape index (κ2) is 12.7. The number of ether oxygens (including phenoxy) is 1. The highest BCUT2D eigenvalue weighted by atomic mass is 32.2. The number of ketones is 1. The van der Waals surface area contributed by atoms with E-state index in [4.69, 9.17) is 4.74 Å². The lowest BCUT2D eigenvalue weighted by atomic mass is 9.92. The quantitative estimate of drug-likeness (QED) is 0.263. The Hall–Kier alpha value is -2.45. The van der Waals surface area contributed by atoms with Crippen molar-refractivity contribution in [2.75, 3.05) is 20.2 Å². The summed E-state index contributed by atoms with van der Waals surface area (Å²) in [5, 5.41) is 3.99. The molecule has 1 aromatic rings. The third-order valence-electron chi connectivity index (χ3n) is 6.65. The molecule has 1 saturated heterocycles. The van der Waals surface area contributed by atoms with Gasteiger partial charge in [-0.3, -0.25) is 4.79 Å². The molecule has 1 N–H and O–H groups in total. The molecule has 0 radical (unpaired) electrons. The number of carbonyl (C=O) groups excluding carboxylic acids is 1. The van der Waals surface area contributed by atoms with Crippen LogP contribution in [0.3, 0.4) is 0 Å². The van der Waals surface area contributed by atoms with Crippen LogP contribution in [-0.4, -0.2) is 55.7 Å². The van der Waals surface area contributed by atoms with Crippen molar-refractivity contribution in [3.63, 3.8) is 0 Å². The van der Waals surface area contributed by atoms with Crippen LogP contribution in [0.4, 0.5) is 0 Å². The number of piperidine rings is 1. The first-order valence-corrected chi connectivity index (χ1v) is 14.4. The fourth-order valence-electron chi connectivity index (χ4n) is 4.52. The molecule has 1 heterocycles. The smallest absolute Gasteiger partial charge is 0.221 e. The van der Waals surface area contributed by atoms with Crippen molar-refractivity contribution < 1.29 is 17.9 Å². The van der Waals surface area contributed by atoms with Gasteiger partial charge in [0.1, 0.15) is 5.75 Å². The average Bonchev–Trinajstić information content (AvgIpc) is 2.87. The van der Waals surface area contributed by atoms with Crippen LogP contribution in [0.25, 0.3) is 0 Å². The standard InChI is InChI=1S/C28H41N3O4S/c1-28(2,3)17-18-29-30-23(20-22-13-15-24(35-4)16-14-22)21-27(32)26-12-8-9-19-31(26)36(33,34)25-10-6-5-7-11-25/h5-7,10,13-16,25-26,29H,8-9,11-12,17-21H2,1-4H3/b30-23+. The van der Waals surface area contributed by atoms with Crippen molar-refractivity contribution in [1.29, 1.82) is 0 Å². The number of hydrazone groups is 1. The number of nitrogens with zero attached hydrogens (tertiary/aromatic N) is 2. The van der Waals surface area contributed by atoms with E-state index in [1.165, 1.54) is 4.31 Å². The van der Waals surface area contributed by atoms with E-state index in [2.05, 4.69) is 31.3 Å². The number of hydrogen-bond donors (Lipinski definition) is 1. The number of methoxy groups -OCH3 is 1. The van der Waals surface area contributed by atoms with Gasteiger partial charge in [-0.2, -0.15) is 9.41 Å². The highest BCUT2D eigenvalue weighted by Gasteiger charge is 2.40. The normalized spacial score (nSPS) is 21.4. The lowest BCUT2D eigenvalue weighted by molar-refractivity contribution is -0.122. The number of hydrogen-bond acceptors (Lipinski definition) is 6. The van der Waals surface area contributed by atoms with E-state index in [0.717, 1.165) is 30.6 Å². The number of allylic oxidation sites excluding steroid dienone is 3. The maximum atomic E-state index is 13.6. The Labute approximate surface area is 216 Å². The SMILES string of the molecule is COc1ccc(C/C(CC(=O)C2CCCCN2S(=O)(=O)C2C=CC=CC2)=N\NCCC(C)(C)C)cc1. The lowest BCUT2D eigenvalue weighted by Gasteiger charge is -2.36. The molecule has 0 saturated carbocycles. The van der Waals surface area contributed by atoms with Crippen LogP contribution in [-0.2, 0) is 21.2 Å². The van der Waals surface area contributed by atoms with Gasteiger partial charge >= 0.3 is 0 Å². The molecule has 1 aliphatic heterocycles. The third kappa shape index (κ3) is 8.03. The molecule has 1 fully saturated rings. The largest absolute Gasteiger partial charge is 0.497 e. The van der Waals surface area contributed by atoms with Crippen LogP contribution in [0.1, 0.15) is 64.9 Å². The van der Waals surface area contributed by atoms with Gasteiger partial charge in [-0.05, 0) is 48.8 Å². The Morgan fingerprint density at radius 2 is 1.92 bits per heavy atom. The highest BCUT2D eigenvalue weighted by Crippen LogP contribution is 2.27. The van der Waals surface area contributed by atoms with E-state index in [9.17, 15) is 13.2 Å². The second-order valence-electron chi connectivity index (χ2n) is 10.8. The first-order valence-electron chi connectivity index (χ1n) is 12.9. The molecule has 0 amide bonds. The number of benzene rings is 1. The Kier molecular flexibility index (Phi) is 9.91. The number of nitrogens with one attached hydrogen (secondary N) is 1. The monoisotopic (exact) mass is 515 g/mol. The van der Waals surface area contributed by atoms with Crippen LogP contribution in [0.15, 0.2) is 53.7 Å². The average molecular weight is 516 g/mol. The van der Waals surface area contributed by atoms with Gasteiger partial charge in [-0.15, -0.1) is 0 Å². The summed E-state index contributed by atoms with van der Waals surface area (Å²) >= 11 is 0. The molecule has 0 bridgehead atoms. The summed E-state index contributed by atoms with van der Waals surface area (Å²) in [5.74, 6) is 0.685. The van der Waals surface area contributed by atoms with E-state index in [-0.39, 0.29) is 17.6 Å². The van der Waals surface area contributed by atoms with Gasteiger partial charge in [0.15, 0.2) is 5.78 Å². The predicted molar refractivity (Wildman–Crippen MR) is 146 cm³/mol. The fraction of sp³-hybridized carbons (Fsp3) is 0.571. The van der Waals surface area contributed by atoms with E-state index in [1.807, 2.05) is 36.4 Å². The molecule has 2 atom stereocenters. The molecule has 2 aliphatic rings. The van der Waals surface area contributed by atoms with Gasteiger partial charge in [-0.25, -0.2) is 8.42 Å². The first-order chi connectivity index (χ1) is 17.1. The number of Topliss-reactive ketones (excluding diaryl/α,β-unsaturated/α-hetero) is 1. The van der Waals surface area contributed by atoms with Gasteiger partial charge in [-0.1, -0.05) is 63.6 Å². The summed E-state index contributed by atoms with van der Waals surface area (Å²) in [4.78, 5) is 13.6. The molecule has 1 aromatic carbocycles. The van der Waals surface area contributed by atoms with Crippen LogP contribution in [0.5, 0.6) is 5.75 Å². The summed E-state index contributed by atoms with van der Waals surface area (Å²) in [6.45, 7) is 7.62. The van der Waals surface area contributed by atoms with Gasteiger partial charge < -0.3 is 10.2 Å². The molecular weight excluding hydrogens is 474 g/mol. The van der Waals surface area contributed by atoms with E-state index < -0.39 is 21.3 Å². The maximum Gasteiger partial charge on any atom is 0.221 e. The molecule has 8 heteroatoms. The highest BCUT2D eigenvalue weighted by molar-refractivity contribution is 7.90. The molecule has 3 rings (SSSR count). The Bertz CT molecular complexity index is 1070. The minimum atomic E-state index is -3.61. The summed E-state index contributed by atoms with van der Waals surface area (Å²) in [6.07, 6.45) is 11.4. The molecule has 7 nitrogen and oxygen atoms in total. The van der Waals surface area contributed by atoms with Crippen molar-refractivity contribution in [2.45, 2.75) is 77.0 Å². The fourth-order valence-corrected chi connectivity index (χ4v) is 6.47. The molecule has 1 aliphatic carbocycles. The van der Waals surface area contributed by atoms with Gasteiger partial charge in [0.25, 0.3) is 0 Å². The lowest BCUT2D eigenvalue weighted by Crippen LogP contribution is -2.51. The Morgan fingerprint density at radius 3 is 2.56 bits per heavy atom. The summed E-state index contributed by atoms with van der Waals surface area (Å²) in [6, 6.07) is 7.08. The van der Waals surface area contributed by atoms with Gasteiger partial charge in [0, 0.05) is 31.6 Å². The summed E-state index contributed by atoms with van der Waals surface area (Å²) < 4.78 is 33.6. The van der Waals surface area contributed by atoms with Crippen molar-refractivity contribution in [3.05, 3.63) is 54.1 Å². The number of carbonyl (C=O) groups is 1. The first kappa shape index (κ1) is 28.1. The van der Waals surface area contributed by atoms with Crippen molar-refractivity contribution in [1.82, 2.24) is 9.73 Å². The second-order valence-corrected chi connectivity index (χ2v) is 12.9. The zero-order valence-electron chi connectivity index (χ0n) is 22.1. The zero-order chi connectivity index (χ0) is 26.2. The van der Waals surface area contributed by atoms with Crippen molar-refractivity contribution in [2.24, 2.45) is 10.5 Å². The molecule has 198 valence electrons. The topological polar surface area (TPSA) is 88.1 Å². The summed E-state index contributed by atoms with van der Waals surface area (Å²) in [5.41, 5.74) is 5.05. The summed E-state index contributed by atoms with van der Waals surface area (Å²) in [7, 11) is -1.99.